The van der Waals surface area contributed by atoms with Gasteiger partial charge in [-0.1, -0.05) is 52.0 Å². The van der Waals surface area contributed by atoms with Crippen LogP contribution in [-0.2, 0) is 0 Å². The summed E-state index contributed by atoms with van der Waals surface area (Å²) in [7, 11) is 0. The van der Waals surface area contributed by atoms with E-state index in [9.17, 15) is 9.59 Å². The first-order chi connectivity index (χ1) is 12.8. The summed E-state index contributed by atoms with van der Waals surface area (Å²) in [5.74, 6) is -0.0281. The predicted octanol–water partition coefficient (Wildman–Crippen LogP) is 4.50. The second-order valence-corrected chi connectivity index (χ2v) is 7.04. The molecule has 1 heterocycles. The van der Waals surface area contributed by atoms with Gasteiger partial charge < -0.3 is 10.6 Å². The second kappa shape index (κ2) is 9.12. The molecule has 0 spiro atoms. The van der Waals surface area contributed by atoms with Crippen molar-refractivity contribution in [3.8, 4) is 0 Å². The maximum atomic E-state index is 12.9. The van der Waals surface area contributed by atoms with Crippen molar-refractivity contribution in [3.63, 3.8) is 0 Å². The average molecular weight is 365 g/mol. The van der Waals surface area contributed by atoms with E-state index in [1.807, 2.05) is 18.2 Å². The van der Waals surface area contributed by atoms with E-state index in [1.165, 1.54) is 12.4 Å². The highest BCUT2D eigenvalue weighted by atomic mass is 16.2. The molecule has 2 N–H and O–H groups in total. The number of carbonyl (C=O) groups excluding carboxylic acids is 2. The SMILES string of the molecule is C=CCNC(=O)c1cncc(C(=O)Nc2c(C(C)C)cccc2C(C)C)c1. The van der Waals surface area contributed by atoms with Gasteiger partial charge in [0.05, 0.1) is 11.1 Å². The topological polar surface area (TPSA) is 71.1 Å². The Morgan fingerprint density at radius 3 is 2.11 bits per heavy atom. The van der Waals surface area contributed by atoms with Gasteiger partial charge in [-0.15, -0.1) is 6.58 Å². The van der Waals surface area contributed by atoms with Crippen molar-refractivity contribution in [3.05, 3.63) is 71.6 Å². The quantitative estimate of drug-likeness (QED) is 0.710. The van der Waals surface area contributed by atoms with Gasteiger partial charge in [-0.3, -0.25) is 14.6 Å². The van der Waals surface area contributed by atoms with Crippen LogP contribution < -0.4 is 10.6 Å². The molecule has 0 aliphatic carbocycles. The van der Waals surface area contributed by atoms with Crippen LogP contribution in [-0.4, -0.2) is 23.3 Å². The summed E-state index contributed by atoms with van der Waals surface area (Å²) >= 11 is 0. The van der Waals surface area contributed by atoms with Gasteiger partial charge in [0.2, 0.25) is 0 Å². The molecule has 5 heteroatoms. The van der Waals surface area contributed by atoms with Gasteiger partial charge in [0, 0.05) is 24.6 Å². The number of hydrogen-bond acceptors (Lipinski definition) is 3. The number of carbonyl (C=O) groups is 2. The number of anilines is 1. The monoisotopic (exact) mass is 365 g/mol. The third-order valence-corrected chi connectivity index (χ3v) is 4.28. The van der Waals surface area contributed by atoms with E-state index in [4.69, 9.17) is 0 Å². The maximum absolute atomic E-state index is 12.9. The van der Waals surface area contributed by atoms with Gasteiger partial charge in [-0.25, -0.2) is 0 Å². The molecular weight excluding hydrogens is 338 g/mol. The van der Waals surface area contributed by atoms with Gasteiger partial charge in [0.1, 0.15) is 0 Å². The minimum atomic E-state index is -0.289. The summed E-state index contributed by atoms with van der Waals surface area (Å²) in [4.78, 5) is 29.0. The molecule has 27 heavy (non-hydrogen) atoms. The Bertz CT molecular complexity index is 815. The Labute approximate surface area is 160 Å². The van der Waals surface area contributed by atoms with Crippen LogP contribution in [0.5, 0.6) is 0 Å². The minimum absolute atomic E-state index is 0.271. The van der Waals surface area contributed by atoms with Gasteiger partial charge in [-0.2, -0.15) is 0 Å². The first-order valence-electron chi connectivity index (χ1n) is 9.13. The Balaban J connectivity index is 2.33. The number of hydrogen-bond donors (Lipinski definition) is 2. The van der Waals surface area contributed by atoms with Crippen LogP contribution in [0.1, 0.15) is 71.4 Å². The standard InChI is InChI=1S/C22H27N3O2/c1-6-10-24-21(26)16-11-17(13-23-12-16)22(27)25-20-18(14(2)3)8-7-9-19(20)15(4)5/h6-9,11-15H,1,10H2,2-5H3,(H,24,26)(H,25,27). The zero-order valence-electron chi connectivity index (χ0n) is 16.4. The minimum Gasteiger partial charge on any atom is -0.349 e. The Morgan fingerprint density at radius 1 is 1.04 bits per heavy atom. The van der Waals surface area contributed by atoms with Crippen molar-refractivity contribution in [2.45, 2.75) is 39.5 Å². The molecule has 142 valence electrons. The van der Waals surface area contributed by atoms with Crippen LogP contribution >= 0.6 is 0 Å². The van der Waals surface area contributed by atoms with Crippen molar-refractivity contribution < 1.29 is 9.59 Å². The van der Waals surface area contributed by atoms with E-state index in [1.54, 1.807) is 12.1 Å². The fourth-order valence-corrected chi connectivity index (χ4v) is 2.84. The van der Waals surface area contributed by atoms with Gasteiger partial charge in [-0.05, 0) is 29.0 Å². The van der Waals surface area contributed by atoms with E-state index < -0.39 is 0 Å². The molecule has 5 nitrogen and oxygen atoms in total. The summed E-state index contributed by atoms with van der Waals surface area (Å²) in [6.07, 6.45) is 4.50. The fraction of sp³-hybridized carbons (Fsp3) is 0.318. The zero-order valence-corrected chi connectivity index (χ0v) is 16.4. The van der Waals surface area contributed by atoms with E-state index in [0.29, 0.717) is 17.7 Å². The van der Waals surface area contributed by atoms with E-state index in [2.05, 4.69) is 49.9 Å². The number of aromatic nitrogens is 1. The van der Waals surface area contributed by atoms with Crippen molar-refractivity contribution in [2.75, 3.05) is 11.9 Å². The highest BCUT2D eigenvalue weighted by Crippen LogP contribution is 2.32. The fourth-order valence-electron chi connectivity index (χ4n) is 2.84. The van der Waals surface area contributed by atoms with Crippen molar-refractivity contribution in [1.82, 2.24) is 10.3 Å². The molecule has 1 aromatic heterocycles. The number of benzene rings is 1. The van der Waals surface area contributed by atoms with Gasteiger partial charge in [0.15, 0.2) is 0 Å². The molecule has 0 radical (unpaired) electrons. The summed E-state index contributed by atoms with van der Waals surface area (Å²) in [6.45, 7) is 12.3. The summed E-state index contributed by atoms with van der Waals surface area (Å²) in [6, 6.07) is 7.63. The molecule has 0 atom stereocenters. The first-order valence-corrected chi connectivity index (χ1v) is 9.13. The highest BCUT2D eigenvalue weighted by Gasteiger charge is 2.18. The third kappa shape index (κ3) is 5.03. The Morgan fingerprint density at radius 2 is 1.59 bits per heavy atom. The van der Waals surface area contributed by atoms with Crippen LogP contribution in [0.15, 0.2) is 49.3 Å². The van der Waals surface area contributed by atoms with Gasteiger partial charge >= 0.3 is 0 Å². The molecule has 0 bridgehead atoms. The summed E-state index contributed by atoms with van der Waals surface area (Å²) in [5.41, 5.74) is 3.69. The molecule has 1 aromatic carbocycles. The number of pyridine rings is 1. The lowest BCUT2D eigenvalue weighted by atomic mass is 9.92. The van der Waals surface area contributed by atoms with Crippen LogP contribution in [0.25, 0.3) is 0 Å². The molecular formula is C22H27N3O2. The molecule has 2 rings (SSSR count). The van der Waals surface area contributed by atoms with Crippen molar-refractivity contribution >= 4 is 17.5 Å². The number of amides is 2. The number of nitrogens with one attached hydrogen (secondary N) is 2. The molecule has 2 amide bonds. The highest BCUT2D eigenvalue weighted by molar-refractivity contribution is 6.06. The molecule has 2 aromatic rings. The lowest BCUT2D eigenvalue weighted by Gasteiger charge is -2.20. The average Bonchev–Trinajstić information content (AvgIpc) is 2.65. The predicted molar refractivity (Wildman–Crippen MR) is 109 cm³/mol. The largest absolute Gasteiger partial charge is 0.349 e. The van der Waals surface area contributed by atoms with E-state index in [0.717, 1.165) is 16.8 Å². The van der Waals surface area contributed by atoms with Crippen LogP contribution in [0.4, 0.5) is 5.69 Å². The number of nitrogens with zero attached hydrogens (tertiary/aromatic N) is 1. The Hall–Kier alpha value is -2.95. The van der Waals surface area contributed by atoms with E-state index >= 15 is 0 Å². The van der Waals surface area contributed by atoms with Gasteiger partial charge in [0.25, 0.3) is 11.8 Å². The van der Waals surface area contributed by atoms with Crippen molar-refractivity contribution in [2.24, 2.45) is 0 Å². The number of para-hydroxylation sites is 1. The van der Waals surface area contributed by atoms with Crippen LogP contribution in [0, 0.1) is 0 Å². The summed E-state index contributed by atoms with van der Waals surface area (Å²) < 4.78 is 0. The third-order valence-electron chi connectivity index (χ3n) is 4.28. The second-order valence-electron chi connectivity index (χ2n) is 7.04. The van der Waals surface area contributed by atoms with Crippen LogP contribution in [0.2, 0.25) is 0 Å². The normalized spacial score (nSPS) is 10.7. The molecule has 0 aliphatic heterocycles. The smallest absolute Gasteiger partial charge is 0.257 e. The molecule has 0 unspecified atom stereocenters. The summed E-state index contributed by atoms with van der Waals surface area (Å²) in [5, 5.41) is 5.72. The lowest BCUT2D eigenvalue weighted by Crippen LogP contribution is -2.24. The number of rotatable bonds is 7. The lowest BCUT2D eigenvalue weighted by molar-refractivity contribution is 0.0957. The maximum Gasteiger partial charge on any atom is 0.257 e. The zero-order chi connectivity index (χ0) is 20.0. The first kappa shape index (κ1) is 20.4. The van der Waals surface area contributed by atoms with Crippen LogP contribution in [0.3, 0.4) is 0 Å². The van der Waals surface area contributed by atoms with E-state index in [-0.39, 0.29) is 23.7 Å². The molecule has 0 saturated heterocycles. The molecule has 0 saturated carbocycles. The van der Waals surface area contributed by atoms with Crippen molar-refractivity contribution in [1.29, 1.82) is 0 Å². The molecule has 0 aliphatic rings. The Kier molecular flexibility index (Phi) is 6.88. The molecule has 0 fully saturated rings.